The van der Waals surface area contributed by atoms with Crippen molar-refractivity contribution >= 4 is 17.6 Å². The summed E-state index contributed by atoms with van der Waals surface area (Å²) < 4.78 is 0. The van der Waals surface area contributed by atoms with Gasteiger partial charge in [0, 0.05) is 6.42 Å². The minimum Gasteiger partial charge on any atom is -0.477 e. The summed E-state index contributed by atoms with van der Waals surface area (Å²) in [6.07, 6.45) is 2.36. The Balaban J connectivity index is 1.86. The molecule has 1 amide bonds. The van der Waals surface area contributed by atoms with Crippen LogP contribution in [0, 0.1) is 0 Å². The van der Waals surface area contributed by atoms with Crippen molar-refractivity contribution in [2.45, 2.75) is 12.8 Å². The number of benzene rings is 1. The third-order valence-corrected chi connectivity index (χ3v) is 2.75. The molecule has 2 aromatic rings. The second kappa shape index (κ2) is 6.47. The molecule has 0 spiro atoms. The summed E-state index contributed by atoms with van der Waals surface area (Å²) in [5.74, 6) is -1.22. The number of aryl methyl sites for hydroxylation is 1. The van der Waals surface area contributed by atoms with Crippen molar-refractivity contribution in [3.05, 3.63) is 59.9 Å². The van der Waals surface area contributed by atoms with Gasteiger partial charge in [-0.3, -0.25) is 4.79 Å². The Hall–Kier alpha value is -2.69. The standard InChI is InChI=1S/C15H14N2O3/c18-14(9-6-11-4-2-1-3-5-11)17-12-7-8-13(15(19)20)16-10-12/h1-5,7-8,10H,6,9H2,(H,17,18)(H,19,20). The molecule has 0 unspecified atom stereocenters. The van der Waals surface area contributed by atoms with E-state index in [1.54, 1.807) is 0 Å². The third-order valence-electron chi connectivity index (χ3n) is 2.75. The summed E-state index contributed by atoms with van der Waals surface area (Å²) in [5, 5.41) is 11.4. The minimum absolute atomic E-state index is 0.0488. The first-order valence-electron chi connectivity index (χ1n) is 6.18. The number of carboxylic acid groups (broad SMARTS) is 1. The molecule has 0 radical (unpaired) electrons. The summed E-state index contributed by atoms with van der Waals surface area (Å²) in [6, 6.07) is 12.6. The van der Waals surface area contributed by atoms with Gasteiger partial charge in [-0.05, 0) is 24.1 Å². The van der Waals surface area contributed by atoms with Crippen molar-refractivity contribution in [2.75, 3.05) is 5.32 Å². The molecule has 102 valence electrons. The summed E-state index contributed by atoms with van der Waals surface area (Å²) in [6.45, 7) is 0. The molecule has 0 saturated heterocycles. The maximum absolute atomic E-state index is 11.7. The maximum Gasteiger partial charge on any atom is 0.354 e. The quantitative estimate of drug-likeness (QED) is 0.874. The van der Waals surface area contributed by atoms with Gasteiger partial charge in [0.05, 0.1) is 11.9 Å². The van der Waals surface area contributed by atoms with E-state index >= 15 is 0 Å². The van der Waals surface area contributed by atoms with Crippen LogP contribution in [0.5, 0.6) is 0 Å². The highest BCUT2D eigenvalue weighted by Crippen LogP contribution is 2.08. The van der Waals surface area contributed by atoms with E-state index in [2.05, 4.69) is 10.3 Å². The van der Waals surface area contributed by atoms with Gasteiger partial charge in [-0.25, -0.2) is 9.78 Å². The van der Waals surface area contributed by atoms with Crippen LogP contribution >= 0.6 is 0 Å². The molecule has 5 nitrogen and oxygen atoms in total. The molecule has 20 heavy (non-hydrogen) atoms. The fourth-order valence-electron chi connectivity index (χ4n) is 1.72. The van der Waals surface area contributed by atoms with Gasteiger partial charge >= 0.3 is 5.97 Å². The molecule has 1 aromatic heterocycles. The van der Waals surface area contributed by atoms with Gasteiger partial charge in [0.1, 0.15) is 5.69 Å². The number of anilines is 1. The number of hydrogen-bond acceptors (Lipinski definition) is 3. The van der Waals surface area contributed by atoms with Crippen LogP contribution in [0.1, 0.15) is 22.5 Å². The van der Waals surface area contributed by atoms with E-state index in [-0.39, 0.29) is 11.6 Å². The SMILES string of the molecule is O=C(CCc1ccccc1)Nc1ccc(C(=O)O)nc1. The predicted octanol–water partition coefficient (Wildman–Crippen LogP) is 2.35. The van der Waals surface area contributed by atoms with E-state index in [1.165, 1.54) is 18.3 Å². The normalized spacial score (nSPS) is 10.0. The van der Waals surface area contributed by atoms with Crippen LogP contribution in [0.25, 0.3) is 0 Å². The molecule has 0 atom stereocenters. The molecular weight excluding hydrogens is 256 g/mol. The first-order chi connectivity index (χ1) is 9.65. The van der Waals surface area contributed by atoms with Crippen molar-refractivity contribution < 1.29 is 14.7 Å². The lowest BCUT2D eigenvalue weighted by Gasteiger charge is -2.05. The average molecular weight is 270 g/mol. The number of rotatable bonds is 5. The Morgan fingerprint density at radius 3 is 2.45 bits per heavy atom. The maximum atomic E-state index is 11.7. The first kappa shape index (κ1) is 13.7. The molecule has 0 fully saturated rings. The number of nitrogens with one attached hydrogen (secondary N) is 1. The molecular formula is C15H14N2O3. The van der Waals surface area contributed by atoms with E-state index < -0.39 is 5.97 Å². The number of aromatic carboxylic acids is 1. The summed E-state index contributed by atoms with van der Waals surface area (Å²) >= 11 is 0. The van der Waals surface area contributed by atoms with E-state index in [0.717, 1.165) is 5.56 Å². The molecule has 0 aliphatic rings. The number of carbonyl (C=O) groups is 2. The molecule has 5 heteroatoms. The Morgan fingerprint density at radius 1 is 1.10 bits per heavy atom. The molecule has 0 saturated carbocycles. The van der Waals surface area contributed by atoms with Gasteiger partial charge in [-0.15, -0.1) is 0 Å². The van der Waals surface area contributed by atoms with Crippen molar-refractivity contribution in [1.29, 1.82) is 0 Å². The second-order valence-corrected chi connectivity index (χ2v) is 4.27. The summed E-state index contributed by atoms with van der Waals surface area (Å²) in [7, 11) is 0. The van der Waals surface area contributed by atoms with E-state index in [4.69, 9.17) is 5.11 Å². The van der Waals surface area contributed by atoms with Crippen LogP contribution < -0.4 is 5.32 Å². The lowest BCUT2D eigenvalue weighted by atomic mass is 10.1. The van der Waals surface area contributed by atoms with Gasteiger partial charge in [0.2, 0.25) is 5.91 Å². The van der Waals surface area contributed by atoms with E-state index in [9.17, 15) is 9.59 Å². The number of carbonyl (C=O) groups excluding carboxylic acids is 1. The molecule has 1 aromatic carbocycles. The van der Waals surface area contributed by atoms with Crippen molar-refractivity contribution in [1.82, 2.24) is 4.98 Å². The number of pyridine rings is 1. The lowest BCUT2D eigenvalue weighted by molar-refractivity contribution is -0.116. The number of carboxylic acids is 1. The predicted molar refractivity (Wildman–Crippen MR) is 74.6 cm³/mol. The van der Waals surface area contributed by atoms with Crippen molar-refractivity contribution in [3.63, 3.8) is 0 Å². The molecule has 0 aliphatic heterocycles. The smallest absolute Gasteiger partial charge is 0.354 e. The van der Waals surface area contributed by atoms with Gasteiger partial charge < -0.3 is 10.4 Å². The molecule has 1 heterocycles. The number of aromatic nitrogens is 1. The highest BCUT2D eigenvalue weighted by atomic mass is 16.4. The van der Waals surface area contributed by atoms with Crippen LogP contribution in [0.2, 0.25) is 0 Å². The van der Waals surface area contributed by atoms with Crippen molar-refractivity contribution in [3.8, 4) is 0 Å². The van der Waals surface area contributed by atoms with Gasteiger partial charge in [-0.2, -0.15) is 0 Å². The zero-order chi connectivity index (χ0) is 14.4. The Morgan fingerprint density at radius 2 is 1.85 bits per heavy atom. The monoisotopic (exact) mass is 270 g/mol. The van der Waals surface area contributed by atoms with Crippen LogP contribution in [0.15, 0.2) is 48.7 Å². The Kier molecular flexibility index (Phi) is 4.44. The van der Waals surface area contributed by atoms with Crippen LogP contribution in [0.4, 0.5) is 5.69 Å². The minimum atomic E-state index is -1.09. The largest absolute Gasteiger partial charge is 0.477 e. The van der Waals surface area contributed by atoms with Crippen molar-refractivity contribution in [2.24, 2.45) is 0 Å². The Labute approximate surface area is 116 Å². The highest BCUT2D eigenvalue weighted by molar-refractivity contribution is 5.91. The van der Waals surface area contributed by atoms with Gasteiger partial charge in [0.15, 0.2) is 0 Å². The molecule has 2 rings (SSSR count). The fraction of sp³-hybridized carbons (Fsp3) is 0.133. The van der Waals surface area contributed by atoms with E-state index in [1.807, 2.05) is 30.3 Å². The Bertz CT molecular complexity index is 594. The average Bonchev–Trinajstić information content (AvgIpc) is 2.47. The topological polar surface area (TPSA) is 79.3 Å². The summed E-state index contributed by atoms with van der Waals surface area (Å²) in [4.78, 5) is 26.1. The van der Waals surface area contributed by atoms with Gasteiger partial charge in [0.25, 0.3) is 0 Å². The zero-order valence-corrected chi connectivity index (χ0v) is 10.7. The second-order valence-electron chi connectivity index (χ2n) is 4.27. The van der Waals surface area contributed by atoms with Crippen LogP contribution in [0.3, 0.4) is 0 Å². The fourth-order valence-corrected chi connectivity index (χ4v) is 1.72. The molecule has 0 aliphatic carbocycles. The van der Waals surface area contributed by atoms with Crippen LogP contribution in [-0.4, -0.2) is 22.0 Å². The number of nitrogens with zero attached hydrogens (tertiary/aromatic N) is 1. The number of amides is 1. The third kappa shape index (κ3) is 3.91. The van der Waals surface area contributed by atoms with Gasteiger partial charge in [-0.1, -0.05) is 30.3 Å². The lowest BCUT2D eigenvalue weighted by Crippen LogP contribution is -2.13. The highest BCUT2D eigenvalue weighted by Gasteiger charge is 2.06. The molecule has 0 bridgehead atoms. The van der Waals surface area contributed by atoms with Crippen LogP contribution in [-0.2, 0) is 11.2 Å². The zero-order valence-electron chi connectivity index (χ0n) is 10.7. The van der Waals surface area contributed by atoms with E-state index in [0.29, 0.717) is 18.5 Å². The summed E-state index contributed by atoms with van der Waals surface area (Å²) in [5.41, 5.74) is 1.54. The first-order valence-corrected chi connectivity index (χ1v) is 6.18. The number of hydrogen-bond donors (Lipinski definition) is 2. The molecule has 2 N–H and O–H groups in total.